The summed E-state index contributed by atoms with van der Waals surface area (Å²) in [6.45, 7) is 1.20. The van der Waals surface area contributed by atoms with Gasteiger partial charge in [-0.15, -0.1) is 0 Å². The number of fused-ring (bicyclic) bond motifs is 5. The molecule has 0 radical (unpaired) electrons. The van der Waals surface area contributed by atoms with Gasteiger partial charge in [0.05, 0.1) is 38.6 Å². The minimum absolute atomic E-state index is 0.344. The summed E-state index contributed by atoms with van der Waals surface area (Å²) < 4.78 is 21.9. The first-order chi connectivity index (χ1) is 15.6. The van der Waals surface area contributed by atoms with E-state index in [0.717, 1.165) is 25.7 Å². The zero-order chi connectivity index (χ0) is 22.8. The molecule has 0 unspecified atom stereocenters. The van der Waals surface area contributed by atoms with Gasteiger partial charge < -0.3 is 18.9 Å². The van der Waals surface area contributed by atoms with Crippen LogP contribution in [-0.4, -0.2) is 39.4 Å². The monoisotopic (exact) mass is 440 g/mol. The average molecular weight is 441 g/mol. The third-order valence-corrected chi connectivity index (χ3v) is 5.66. The van der Waals surface area contributed by atoms with Crippen LogP contribution in [0.3, 0.4) is 0 Å². The third-order valence-electron chi connectivity index (χ3n) is 5.66. The fraction of sp³-hybridized carbons (Fsp3) is 0.462. The second kappa shape index (κ2) is 12.1. The molecule has 0 saturated heterocycles. The summed E-state index contributed by atoms with van der Waals surface area (Å²) in [4.78, 5) is 25.0. The molecule has 32 heavy (non-hydrogen) atoms. The van der Waals surface area contributed by atoms with Crippen molar-refractivity contribution in [3.05, 3.63) is 47.5 Å². The van der Waals surface area contributed by atoms with Crippen LogP contribution in [0.25, 0.3) is 11.1 Å². The number of carbonyl (C=O) groups is 2. The Morgan fingerprint density at radius 2 is 1.00 bits per heavy atom. The van der Waals surface area contributed by atoms with Crippen molar-refractivity contribution in [3.8, 4) is 22.6 Å². The Morgan fingerprint density at radius 3 is 1.38 bits per heavy atom. The van der Waals surface area contributed by atoms with Crippen LogP contribution < -0.4 is 9.47 Å². The van der Waals surface area contributed by atoms with E-state index in [4.69, 9.17) is 18.9 Å². The van der Waals surface area contributed by atoms with Crippen LogP contribution in [0, 0.1) is 0 Å². The number of benzene rings is 2. The van der Waals surface area contributed by atoms with Crippen LogP contribution in [-0.2, 0) is 9.47 Å². The van der Waals surface area contributed by atoms with E-state index in [1.807, 2.05) is 0 Å². The smallest absolute Gasteiger partial charge is 0.338 e. The van der Waals surface area contributed by atoms with E-state index in [2.05, 4.69) is 0 Å². The maximum absolute atomic E-state index is 12.5. The molecule has 4 bridgehead atoms. The highest BCUT2D eigenvalue weighted by molar-refractivity contribution is 6.03. The first-order valence-corrected chi connectivity index (χ1v) is 11.3. The number of esters is 2. The number of methoxy groups -OCH3 is 2. The van der Waals surface area contributed by atoms with Crippen molar-refractivity contribution in [1.29, 1.82) is 0 Å². The Hall–Kier alpha value is -3.02. The van der Waals surface area contributed by atoms with Crippen molar-refractivity contribution < 1.29 is 28.5 Å². The van der Waals surface area contributed by atoms with Crippen molar-refractivity contribution in [2.45, 2.75) is 51.4 Å². The standard InChI is InChI=1S/C26H32O6/c1-29-25(27)21-13-11-19-17-23(21)24-18-20(12-14-22(24)26(28)30-2)32-16-10-8-6-4-3-5-7-9-15-31-19/h11-14,17-18H,3-10,15-16H2,1-2H3. The van der Waals surface area contributed by atoms with Crippen molar-refractivity contribution in [1.82, 2.24) is 0 Å². The second-order valence-corrected chi connectivity index (χ2v) is 7.92. The summed E-state index contributed by atoms with van der Waals surface area (Å²) >= 11 is 0. The first-order valence-electron chi connectivity index (χ1n) is 11.3. The molecule has 1 heterocycles. The molecule has 6 heteroatoms. The van der Waals surface area contributed by atoms with Crippen LogP contribution in [0.2, 0.25) is 0 Å². The molecule has 0 saturated carbocycles. The van der Waals surface area contributed by atoms with Crippen LogP contribution in [0.1, 0.15) is 72.1 Å². The van der Waals surface area contributed by atoms with Crippen LogP contribution in [0.5, 0.6) is 11.5 Å². The number of hydrogen-bond acceptors (Lipinski definition) is 6. The van der Waals surface area contributed by atoms with Crippen molar-refractivity contribution in [2.75, 3.05) is 27.4 Å². The molecular formula is C26H32O6. The second-order valence-electron chi connectivity index (χ2n) is 7.92. The van der Waals surface area contributed by atoms with Gasteiger partial charge in [0.25, 0.3) is 0 Å². The predicted molar refractivity (Wildman–Crippen MR) is 122 cm³/mol. The average Bonchev–Trinajstić information content (AvgIpc) is 2.83. The third kappa shape index (κ3) is 6.25. The molecule has 0 aromatic heterocycles. The summed E-state index contributed by atoms with van der Waals surface area (Å²) in [5.41, 5.74) is 1.77. The Bertz CT molecular complexity index is 845. The van der Waals surface area contributed by atoms with E-state index in [0.29, 0.717) is 47.0 Å². The minimum atomic E-state index is -0.490. The lowest BCUT2D eigenvalue weighted by Gasteiger charge is -2.16. The van der Waals surface area contributed by atoms with Gasteiger partial charge in [0, 0.05) is 11.1 Å². The highest BCUT2D eigenvalue weighted by Gasteiger charge is 2.21. The molecule has 2 aromatic carbocycles. The van der Waals surface area contributed by atoms with Crippen LogP contribution in [0.4, 0.5) is 0 Å². The Labute approximate surface area is 189 Å². The topological polar surface area (TPSA) is 71.1 Å². The zero-order valence-electron chi connectivity index (χ0n) is 19.0. The summed E-state index contributed by atoms with van der Waals surface area (Å²) in [5.74, 6) is 0.290. The van der Waals surface area contributed by atoms with E-state index < -0.39 is 11.9 Å². The van der Waals surface area contributed by atoms with E-state index in [1.165, 1.54) is 39.9 Å². The fourth-order valence-corrected chi connectivity index (χ4v) is 3.89. The van der Waals surface area contributed by atoms with Crippen molar-refractivity contribution in [2.24, 2.45) is 0 Å². The Kier molecular flexibility index (Phi) is 8.96. The number of hydrogen-bond donors (Lipinski definition) is 0. The van der Waals surface area contributed by atoms with Gasteiger partial charge in [-0.25, -0.2) is 9.59 Å². The van der Waals surface area contributed by atoms with Gasteiger partial charge in [0.2, 0.25) is 0 Å². The summed E-state index contributed by atoms with van der Waals surface area (Å²) in [6, 6.07) is 10.4. The SMILES string of the molecule is COC(=O)c1ccc2cc1-c1cc(ccc1C(=O)OC)OCCCCCCCCCCO2. The minimum Gasteiger partial charge on any atom is -0.494 e. The first kappa shape index (κ1) is 23.6. The molecule has 3 rings (SSSR count). The lowest BCUT2D eigenvalue weighted by Crippen LogP contribution is -2.09. The predicted octanol–water partition coefficient (Wildman–Crippen LogP) is 5.82. The summed E-state index contributed by atoms with van der Waals surface area (Å²) in [6.07, 6.45) is 9.12. The normalized spacial score (nSPS) is 15.3. The molecule has 0 spiro atoms. The number of rotatable bonds is 2. The lowest BCUT2D eigenvalue weighted by atomic mass is 9.94. The summed E-state index contributed by atoms with van der Waals surface area (Å²) in [7, 11) is 2.67. The van der Waals surface area contributed by atoms with Gasteiger partial charge in [0.15, 0.2) is 0 Å². The Morgan fingerprint density at radius 1 is 0.625 bits per heavy atom. The van der Waals surface area contributed by atoms with Gasteiger partial charge >= 0.3 is 11.9 Å². The van der Waals surface area contributed by atoms with E-state index in [1.54, 1.807) is 36.4 Å². The molecule has 0 N–H and O–H groups in total. The van der Waals surface area contributed by atoms with Gasteiger partial charge in [-0.2, -0.15) is 0 Å². The van der Waals surface area contributed by atoms with Gasteiger partial charge in [0.1, 0.15) is 11.5 Å². The largest absolute Gasteiger partial charge is 0.494 e. The molecule has 1 aliphatic rings. The van der Waals surface area contributed by atoms with E-state index >= 15 is 0 Å². The molecule has 0 atom stereocenters. The maximum atomic E-state index is 12.5. The zero-order valence-corrected chi connectivity index (χ0v) is 19.0. The van der Waals surface area contributed by atoms with Crippen LogP contribution in [0.15, 0.2) is 36.4 Å². The highest BCUT2D eigenvalue weighted by Crippen LogP contribution is 2.34. The van der Waals surface area contributed by atoms with Gasteiger partial charge in [-0.1, -0.05) is 38.5 Å². The number of carbonyl (C=O) groups excluding carboxylic acids is 2. The lowest BCUT2D eigenvalue weighted by molar-refractivity contribution is 0.0590. The summed E-state index contributed by atoms with van der Waals surface area (Å²) in [5, 5.41) is 0. The molecule has 6 nitrogen and oxygen atoms in total. The quantitative estimate of drug-likeness (QED) is 0.548. The Balaban J connectivity index is 2.05. The molecular weight excluding hydrogens is 408 g/mol. The molecule has 0 amide bonds. The van der Waals surface area contributed by atoms with Crippen molar-refractivity contribution >= 4 is 11.9 Å². The van der Waals surface area contributed by atoms with Crippen LogP contribution >= 0.6 is 0 Å². The highest BCUT2D eigenvalue weighted by atomic mass is 16.5. The molecule has 1 aliphatic heterocycles. The number of ether oxygens (including phenoxy) is 4. The van der Waals surface area contributed by atoms with Crippen molar-refractivity contribution in [3.63, 3.8) is 0 Å². The van der Waals surface area contributed by atoms with Gasteiger partial charge in [-0.05, 0) is 49.2 Å². The fourth-order valence-electron chi connectivity index (χ4n) is 3.89. The van der Waals surface area contributed by atoms with Gasteiger partial charge in [-0.3, -0.25) is 0 Å². The maximum Gasteiger partial charge on any atom is 0.338 e. The molecule has 0 aliphatic carbocycles. The van der Waals surface area contributed by atoms with E-state index in [9.17, 15) is 9.59 Å². The molecule has 2 aromatic rings. The molecule has 0 fully saturated rings. The molecule has 172 valence electrons. The van der Waals surface area contributed by atoms with E-state index in [-0.39, 0.29) is 0 Å².